The molecule has 0 aliphatic rings. The molecule has 0 atom stereocenters. The smallest absolute Gasteiger partial charge is 0.230 e. The molecule has 2 aromatic heterocycles. The number of nitrogens with zero attached hydrogens (tertiary/aromatic N) is 1. The van der Waals surface area contributed by atoms with Crippen LogP contribution in [0.1, 0.15) is 15.4 Å². The van der Waals surface area contributed by atoms with E-state index in [0.29, 0.717) is 17.1 Å². The maximum absolute atomic E-state index is 12.1. The first kappa shape index (κ1) is 18.6. The first-order valence-corrected chi connectivity index (χ1v) is 10.5. The lowest BCUT2D eigenvalue weighted by Crippen LogP contribution is -2.14. The van der Waals surface area contributed by atoms with Crippen LogP contribution in [0.25, 0.3) is 0 Å². The van der Waals surface area contributed by atoms with Gasteiger partial charge in [0.05, 0.1) is 29.9 Å². The van der Waals surface area contributed by atoms with Gasteiger partial charge in [0.25, 0.3) is 0 Å². The van der Waals surface area contributed by atoms with Crippen LogP contribution in [0.5, 0.6) is 5.75 Å². The molecule has 0 radical (unpaired) electrons. The molecule has 1 N–H and O–H groups in total. The Kier molecular flexibility index (Phi) is 6.43. The number of carbonyl (C=O) groups excluding carboxylic acids is 2. The molecule has 0 bridgehead atoms. The third-order valence-corrected chi connectivity index (χ3v) is 6.35. The highest BCUT2D eigenvalue weighted by molar-refractivity contribution is 8.01. The molecule has 1 amide bonds. The van der Waals surface area contributed by atoms with E-state index < -0.39 is 0 Å². The van der Waals surface area contributed by atoms with Gasteiger partial charge in [0, 0.05) is 11.1 Å². The summed E-state index contributed by atoms with van der Waals surface area (Å²) in [5.41, 5.74) is 1.41. The number of hydrogen-bond acceptors (Lipinski definition) is 7. The van der Waals surface area contributed by atoms with Crippen LogP contribution >= 0.6 is 34.4 Å². The summed E-state index contributed by atoms with van der Waals surface area (Å²) in [6.07, 6.45) is 0.196. The Morgan fingerprint density at radius 3 is 2.69 bits per heavy atom. The zero-order valence-corrected chi connectivity index (χ0v) is 16.4. The van der Waals surface area contributed by atoms with Crippen molar-refractivity contribution < 1.29 is 14.3 Å². The molecule has 0 spiro atoms. The van der Waals surface area contributed by atoms with Gasteiger partial charge in [0.2, 0.25) is 5.91 Å². The van der Waals surface area contributed by atoms with Crippen molar-refractivity contribution in [1.29, 1.82) is 0 Å². The molecule has 0 aliphatic carbocycles. The third kappa shape index (κ3) is 5.17. The molecule has 26 heavy (non-hydrogen) atoms. The Hall–Kier alpha value is -2.16. The molecule has 0 saturated heterocycles. The van der Waals surface area contributed by atoms with Crippen molar-refractivity contribution in [2.24, 2.45) is 0 Å². The Labute approximate surface area is 163 Å². The summed E-state index contributed by atoms with van der Waals surface area (Å²) in [4.78, 5) is 29.3. The molecule has 8 heteroatoms. The summed E-state index contributed by atoms with van der Waals surface area (Å²) in [6, 6.07) is 10.8. The summed E-state index contributed by atoms with van der Waals surface area (Å²) in [5.74, 6) is 1.05. The molecule has 1 aromatic carbocycles. The van der Waals surface area contributed by atoms with E-state index in [1.54, 1.807) is 31.4 Å². The minimum absolute atomic E-state index is 0.0963. The lowest BCUT2D eigenvalue weighted by molar-refractivity contribution is -0.115. The van der Waals surface area contributed by atoms with Gasteiger partial charge in [-0.2, -0.15) is 0 Å². The first-order valence-electron chi connectivity index (χ1n) is 7.72. The number of thiophene rings is 1. The number of benzene rings is 1. The summed E-state index contributed by atoms with van der Waals surface area (Å²) < 4.78 is 5.88. The fourth-order valence-corrected chi connectivity index (χ4v) is 4.60. The number of Topliss-reactive ketones (excluding diaryl/α,β-unsaturated/α-hetero) is 1. The van der Waals surface area contributed by atoms with Gasteiger partial charge in [-0.15, -0.1) is 22.7 Å². The number of ether oxygens (including phenoxy) is 1. The van der Waals surface area contributed by atoms with Crippen molar-refractivity contribution in [3.8, 4) is 5.75 Å². The predicted molar refractivity (Wildman–Crippen MR) is 107 cm³/mol. The zero-order valence-electron chi connectivity index (χ0n) is 13.9. The van der Waals surface area contributed by atoms with Crippen molar-refractivity contribution in [1.82, 2.24) is 4.98 Å². The van der Waals surface area contributed by atoms with Crippen LogP contribution in [0.3, 0.4) is 0 Å². The molecule has 3 rings (SSSR count). The average molecular weight is 405 g/mol. The number of anilines is 1. The highest BCUT2D eigenvalue weighted by Gasteiger charge is 2.12. The van der Waals surface area contributed by atoms with E-state index in [1.165, 1.54) is 34.4 Å². The maximum Gasteiger partial charge on any atom is 0.230 e. The molecule has 134 valence electrons. The minimum atomic E-state index is -0.133. The second-order valence-electron chi connectivity index (χ2n) is 5.25. The Morgan fingerprint density at radius 1 is 1.19 bits per heavy atom. The lowest BCUT2D eigenvalue weighted by atomic mass is 10.2. The van der Waals surface area contributed by atoms with Crippen LogP contribution in [0.4, 0.5) is 5.69 Å². The number of nitrogens with one attached hydrogen (secondary N) is 1. The molecule has 0 saturated carbocycles. The van der Waals surface area contributed by atoms with Crippen molar-refractivity contribution in [2.45, 2.75) is 10.8 Å². The molecule has 5 nitrogen and oxygen atoms in total. The van der Waals surface area contributed by atoms with E-state index in [-0.39, 0.29) is 18.1 Å². The number of hydrogen-bond donors (Lipinski definition) is 1. The number of thioether (sulfide) groups is 1. The summed E-state index contributed by atoms with van der Waals surface area (Å²) in [6.45, 7) is 0. The zero-order chi connectivity index (χ0) is 18.4. The predicted octanol–water partition coefficient (Wildman–Crippen LogP) is 4.37. The van der Waals surface area contributed by atoms with E-state index in [2.05, 4.69) is 10.3 Å². The van der Waals surface area contributed by atoms with Gasteiger partial charge in [-0.05, 0) is 35.7 Å². The Morgan fingerprint density at radius 2 is 2.00 bits per heavy atom. The number of aromatic nitrogens is 1. The molecular formula is C18H16N2O3S3. The molecule has 0 unspecified atom stereocenters. The van der Waals surface area contributed by atoms with E-state index in [4.69, 9.17) is 4.74 Å². The number of ketones is 1. The van der Waals surface area contributed by atoms with Gasteiger partial charge in [0.1, 0.15) is 5.75 Å². The second-order valence-corrected chi connectivity index (χ2v) is 8.28. The molecule has 0 fully saturated rings. The summed E-state index contributed by atoms with van der Waals surface area (Å²) in [5, 5.41) is 6.57. The lowest BCUT2D eigenvalue weighted by Gasteiger charge is -2.05. The fourth-order valence-electron chi connectivity index (χ4n) is 2.12. The fraction of sp³-hybridized carbons (Fsp3) is 0.167. The van der Waals surface area contributed by atoms with Crippen LogP contribution < -0.4 is 10.1 Å². The molecule has 0 aliphatic heterocycles. The average Bonchev–Trinajstić information content (AvgIpc) is 3.32. The summed E-state index contributed by atoms with van der Waals surface area (Å²) >= 11 is 4.29. The number of thiazole rings is 1. The molecular weight excluding hydrogens is 388 g/mol. The van der Waals surface area contributed by atoms with Gasteiger partial charge in [-0.25, -0.2) is 4.98 Å². The number of carbonyl (C=O) groups is 2. The van der Waals surface area contributed by atoms with Crippen molar-refractivity contribution in [3.63, 3.8) is 0 Å². The van der Waals surface area contributed by atoms with Crippen molar-refractivity contribution >= 4 is 51.8 Å². The normalized spacial score (nSPS) is 10.5. The first-order chi connectivity index (χ1) is 12.6. The van der Waals surface area contributed by atoms with Gasteiger partial charge in [-0.1, -0.05) is 17.8 Å². The third-order valence-electron chi connectivity index (χ3n) is 3.37. The SMILES string of the molecule is COc1ccc(NC(=O)Cc2csc(SCC(=O)c3cccs3)n2)cc1. The van der Waals surface area contributed by atoms with Crippen LogP contribution in [-0.4, -0.2) is 29.5 Å². The number of amides is 1. The second kappa shape index (κ2) is 8.98. The van der Waals surface area contributed by atoms with Gasteiger partial charge in [0.15, 0.2) is 10.1 Å². The topological polar surface area (TPSA) is 68.3 Å². The quantitative estimate of drug-likeness (QED) is 0.446. The monoisotopic (exact) mass is 404 g/mol. The van der Waals surface area contributed by atoms with Crippen molar-refractivity contribution in [3.05, 3.63) is 57.7 Å². The summed E-state index contributed by atoms with van der Waals surface area (Å²) in [7, 11) is 1.60. The highest BCUT2D eigenvalue weighted by atomic mass is 32.2. The highest BCUT2D eigenvalue weighted by Crippen LogP contribution is 2.25. The van der Waals surface area contributed by atoms with Gasteiger partial charge < -0.3 is 10.1 Å². The standard InChI is InChI=1S/C18H16N2O3S3/c1-23-14-6-4-12(5-7-14)19-17(22)9-13-10-25-18(20-13)26-11-15(21)16-3-2-8-24-16/h2-8,10H,9,11H2,1H3,(H,19,22). The van der Waals surface area contributed by atoms with Gasteiger partial charge >= 0.3 is 0 Å². The largest absolute Gasteiger partial charge is 0.497 e. The Bertz CT molecular complexity index is 873. The van der Waals surface area contributed by atoms with Gasteiger partial charge in [-0.3, -0.25) is 9.59 Å². The maximum atomic E-state index is 12.1. The van der Waals surface area contributed by atoms with E-state index in [1.807, 2.05) is 22.9 Å². The number of methoxy groups -OCH3 is 1. The van der Waals surface area contributed by atoms with Crippen molar-refractivity contribution in [2.75, 3.05) is 18.2 Å². The van der Waals surface area contributed by atoms with E-state index in [9.17, 15) is 9.59 Å². The molecule has 3 aromatic rings. The minimum Gasteiger partial charge on any atom is -0.497 e. The van der Waals surface area contributed by atoms with Crippen LogP contribution in [0.15, 0.2) is 51.5 Å². The van der Waals surface area contributed by atoms with Crippen LogP contribution in [0.2, 0.25) is 0 Å². The van der Waals surface area contributed by atoms with Crippen LogP contribution in [-0.2, 0) is 11.2 Å². The molecule has 2 heterocycles. The Balaban J connectivity index is 1.49. The number of rotatable bonds is 8. The van der Waals surface area contributed by atoms with E-state index >= 15 is 0 Å². The van der Waals surface area contributed by atoms with E-state index in [0.717, 1.165) is 15.0 Å². The van der Waals surface area contributed by atoms with Crippen LogP contribution in [0, 0.1) is 0 Å².